The second-order valence-corrected chi connectivity index (χ2v) is 33.1. The van der Waals surface area contributed by atoms with E-state index in [4.69, 9.17) is 18.3 Å². The van der Waals surface area contributed by atoms with E-state index < -0.39 is 35.0 Å². The van der Waals surface area contributed by atoms with Crippen molar-refractivity contribution in [1.82, 2.24) is 20.6 Å². The van der Waals surface area contributed by atoms with E-state index in [0.717, 1.165) is 33.4 Å². The summed E-state index contributed by atoms with van der Waals surface area (Å²) in [5, 5.41) is 28.1. The van der Waals surface area contributed by atoms with Gasteiger partial charge < -0.3 is 49.1 Å². The Labute approximate surface area is 427 Å². The first kappa shape index (κ1) is 56.1. The Morgan fingerprint density at radius 2 is 0.903 bits per heavy atom. The van der Waals surface area contributed by atoms with Crippen molar-refractivity contribution >= 4 is 44.6 Å². The number of benzene rings is 4. The topological polar surface area (TPSA) is 184 Å². The number of fused-ring (bicyclic) bond motifs is 2. The maximum Gasteiger partial charge on any atom is 0.519 e. The van der Waals surface area contributed by atoms with Crippen LogP contribution in [0.2, 0.25) is 36.3 Å². The second-order valence-electron chi connectivity index (χ2n) is 23.6. The van der Waals surface area contributed by atoms with Crippen molar-refractivity contribution in [1.29, 1.82) is 0 Å². The third-order valence-corrected chi connectivity index (χ3v) is 23.5. The molecule has 2 aromatic heterocycles. The maximum atomic E-state index is 14.0. The number of aliphatic hydroxyl groups excluding tert-OH is 2. The number of aromatic amines is 2. The number of aromatic nitrogens is 2. The Balaban J connectivity index is 1.31. The van der Waals surface area contributed by atoms with Crippen LogP contribution < -0.4 is 31.2 Å². The summed E-state index contributed by atoms with van der Waals surface area (Å²) in [6.45, 7) is 31.3. The van der Waals surface area contributed by atoms with E-state index in [1.807, 2.05) is 48.5 Å². The summed E-state index contributed by atoms with van der Waals surface area (Å²) in [6, 6.07) is 29.2. The first-order valence-electron chi connectivity index (χ1n) is 24.9. The fourth-order valence-corrected chi connectivity index (χ4v) is 11.0. The molecule has 13 nitrogen and oxygen atoms in total. The molecule has 0 spiro atoms. The zero-order valence-electron chi connectivity index (χ0n) is 44.9. The van der Waals surface area contributed by atoms with Gasteiger partial charge in [-0.2, -0.15) is 0 Å². The molecule has 15 heteroatoms. The number of nitrogens with one attached hydrogen (secondary N) is 4. The molecule has 2 atom stereocenters. The van der Waals surface area contributed by atoms with Gasteiger partial charge in [-0.3, -0.25) is 9.59 Å². The molecule has 2 heterocycles. The number of rotatable bonds is 20. The number of ether oxygens (including phenoxy) is 2. The molecular weight excluding hydrogens is 941 g/mol. The van der Waals surface area contributed by atoms with Crippen molar-refractivity contribution in [2.24, 2.45) is 0 Å². The van der Waals surface area contributed by atoms with Gasteiger partial charge in [-0.25, -0.2) is 4.79 Å². The summed E-state index contributed by atoms with van der Waals surface area (Å²) >= 11 is 0. The quantitative estimate of drug-likeness (QED) is 0.0243. The van der Waals surface area contributed by atoms with Crippen LogP contribution in [-0.4, -0.2) is 67.1 Å². The molecule has 6 rings (SSSR count). The maximum absolute atomic E-state index is 14.0. The van der Waals surface area contributed by atoms with Gasteiger partial charge in [0.25, 0.3) is 0 Å². The highest BCUT2D eigenvalue weighted by Gasteiger charge is 2.42. The number of hydrogen-bond acceptors (Lipinski definition) is 11. The van der Waals surface area contributed by atoms with Crippen LogP contribution in [0.5, 0.6) is 11.5 Å². The molecule has 0 aliphatic heterocycles. The molecule has 0 bridgehead atoms. The zero-order valence-corrected chi connectivity index (χ0v) is 46.9. The third-order valence-electron chi connectivity index (χ3n) is 14.5. The highest BCUT2D eigenvalue weighted by Crippen LogP contribution is 2.43. The van der Waals surface area contributed by atoms with E-state index in [0.29, 0.717) is 47.7 Å². The first-order valence-corrected chi connectivity index (χ1v) is 30.8. The van der Waals surface area contributed by atoms with Crippen LogP contribution in [0.1, 0.15) is 115 Å². The van der Waals surface area contributed by atoms with Gasteiger partial charge in [-0.05, 0) is 134 Å². The number of carbonyl (C=O) groups excluding carboxylic acids is 1. The summed E-state index contributed by atoms with van der Waals surface area (Å²) < 4.78 is 26.2. The number of aliphatic hydroxyl groups is 2. The SMILES string of the molecule is CC(C)(Cc1cccc(CO)c1)NCC(O[Si](C)(C)C(C)(C)C)c1ccc(OC(=O)Oc2ccc(C(CNC(C)(C)Cc3cccc(CO)c3)O[Si](C)(C)C(C)(C)C)c3ccc(=O)[nH]c23)c2[nH]c(=O)ccc12. The van der Waals surface area contributed by atoms with E-state index in [-0.39, 0.29) is 57.0 Å². The lowest BCUT2D eigenvalue weighted by atomic mass is 9.93. The van der Waals surface area contributed by atoms with Crippen molar-refractivity contribution in [2.45, 2.75) is 155 Å². The molecule has 6 N–H and O–H groups in total. The molecule has 0 fully saturated rings. The highest BCUT2D eigenvalue weighted by molar-refractivity contribution is 6.74. The number of pyridine rings is 2. The molecule has 72 heavy (non-hydrogen) atoms. The number of H-pyrrole nitrogens is 2. The zero-order chi connectivity index (χ0) is 53.0. The first-order chi connectivity index (χ1) is 33.5. The van der Waals surface area contributed by atoms with Crippen LogP contribution in [0.25, 0.3) is 21.8 Å². The van der Waals surface area contributed by atoms with Gasteiger partial charge in [-0.15, -0.1) is 0 Å². The molecule has 0 saturated carbocycles. The molecule has 0 aliphatic rings. The lowest BCUT2D eigenvalue weighted by Gasteiger charge is -2.40. The van der Waals surface area contributed by atoms with Crippen LogP contribution in [-0.2, 0) is 34.9 Å². The van der Waals surface area contributed by atoms with Crippen molar-refractivity contribution in [3.63, 3.8) is 0 Å². The van der Waals surface area contributed by atoms with Crippen LogP contribution in [0, 0.1) is 0 Å². The van der Waals surface area contributed by atoms with E-state index in [2.05, 4.69) is 128 Å². The molecule has 0 aliphatic carbocycles. The summed E-state index contributed by atoms with van der Waals surface area (Å²) in [7, 11) is -4.78. The number of hydrogen-bond donors (Lipinski definition) is 6. The number of carbonyl (C=O) groups is 1. The monoisotopic (exact) mass is 1020 g/mol. The largest absolute Gasteiger partial charge is 0.519 e. The van der Waals surface area contributed by atoms with Crippen LogP contribution in [0.3, 0.4) is 0 Å². The molecule has 0 radical (unpaired) electrons. The van der Waals surface area contributed by atoms with Crippen molar-refractivity contribution in [3.05, 3.63) is 151 Å². The minimum Gasteiger partial charge on any atom is -0.409 e. The Hall–Kier alpha value is -5.24. The van der Waals surface area contributed by atoms with E-state index in [1.165, 1.54) is 12.1 Å². The van der Waals surface area contributed by atoms with Crippen LogP contribution in [0.15, 0.2) is 107 Å². The molecule has 0 amide bonds. The summed E-state index contributed by atoms with van der Waals surface area (Å²) in [4.78, 5) is 45.8. The Morgan fingerprint density at radius 3 is 1.25 bits per heavy atom. The molecule has 4 aromatic carbocycles. The van der Waals surface area contributed by atoms with E-state index >= 15 is 0 Å². The normalized spacial score (nSPS) is 13.9. The standard InChI is InChI=1S/C57H78N4O9Si2/c1-54(2,3)71(11,12)69-47(33-58-56(7,8)31-37-17-15-19-39(29-37)35-62)41-21-25-45(51-43(41)23-27-49(64)60-51)67-53(66)68-46-26-22-42(44-24-28-50(65)61-52(44)46)48(70-72(13,14)55(4,5)6)34-59-57(9,10)32-38-18-16-20-40(30-38)36-63/h15-30,47-48,58-59,62-63H,31-36H2,1-14H3,(H,60,64)(H,61,65). The van der Waals surface area contributed by atoms with Gasteiger partial charge in [0.1, 0.15) is 0 Å². The lowest BCUT2D eigenvalue weighted by Crippen LogP contribution is -2.47. The van der Waals surface area contributed by atoms with E-state index in [9.17, 15) is 24.6 Å². The van der Waals surface area contributed by atoms with Gasteiger partial charge in [-0.1, -0.05) is 102 Å². The summed E-state index contributed by atoms with van der Waals surface area (Å²) in [5.41, 5.74) is 4.62. The molecule has 388 valence electrons. The van der Waals surface area contributed by atoms with Gasteiger partial charge in [0.2, 0.25) is 11.1 Å². The fourth-order valence-electron chi connectivity index (χ4n) is 8.48. The average Bonchev–Trinajstić information content (AvgIpc) is 3.28. The summed E-state index contributed by atoms with van der Waals surface area (Å²) in [5.74, 6) is 0.155. The minimum absolute atomic E-state index is 0.0294. The Kier molecular flexibility index (Phi) is 17.2. The predicted octanol–water partition coefficient (Wildman–Crippen LogP) is 11.3. The van der Waals surface area contributed by atoms with Crippen LogP contribution in [0.4, 0.5) is 4.79 Å². The third kappa shape index (κ3) is 14.1. The van der Waals surface area contributed by atoms with Crippen molar-refractivity contribution in [3.8, 4) is 11.5 Å². The van der Waals surface area contributed by atoms with Crippen LogP contribution >= 0.6 is 0 Å². The predicted molar refractivity (Wildman–Crippen MR) is 294 cm³/mol. The van der Waals surface area contributed by atoms with Gasteiger partial charge >= 0.3 is 6.16 Å². The Morgan fingerprint density at radius 1 is 0.542 bits per heavy atom. The van der Waals surface area contributed by atoms with Crippen molar-refractivity contribution in [2.75, 3.05) is 13.1 Å². The minimum atomic E-state index is -2.39. The van der Waals surface area contributed by atoms with Gasteiger partial charge in [0.15, 0.2) is 28.1 Å². The van der Waals surface area contributed by atoms with Crippen molar-refractivity contribution < 1.29 is 33.3 Å². The summed E-state index contributed by atoms with van der Waals surface area (Å²) in [6.07, 6.45) is -0.587. The Bertz CT molecular complexity index is 2790. The van der Waals surface area contributed by atoms with Gasteiger partial charge in [0.05, 0.1) is 36.5 Å². The van der Waals surface area contributed by atoms with E-state index in [1.54, 1.807) is 24.3 Å². The smallest absolute Gasteiger partial charge is 0.409 e. The van der Waals surface area contributed by atoms with Gasteiger partial charge in [0, 0.05) is 47.1 Å². The second kappa shape index (κ2) is 22.1. The molecule has 0 saturated heterocycles. The fraction of sp³-hybridized carbons (Fsp3) is 0.456. The lowest BCUT2D eigenvalue weighted by molar-refractivity contribution is 0.152. The molecular formula is C57H78N4O9Si2. The highest BCUT2D eigenvalue weighted by atomic mass is 28.4. The molecule has 6 aromatic rings. The average molecular weight is 1020 g/mol. The molecule has 2 unspecified atom stereocenters.